The second kappa shape index (κ2) is 6.55. The van der Waals surface area contributed by atoms with Crippen molar-refractivity contribution in [2.75, 3.05) is 5.32 Å². The number of H-pyrrole nitrogens is 1. The Morgan fingerprint density at radius 3 is 2.88 bits per heavy atom. The maximum atomic E-state index is 13.3. The fourth-order valence-corrected chi connectivity index (χ4v) is 2.31. The minimum absolute atomic E-state index is 0.107. The first-order valence-electron chi connectivity index (χ1n) is 7.66. The molecule has 4 rings (SSSR count). The maximum Gasteiger partial charge on any atom is 0.278 e. The predicted octanol–water partition coefficient (Wildman–Crippen LogP) is 2.44. The zero-order valence-corrected chi connectivity index (χ0v) is 13.3. The molecular weight excluding hydrogens is 337 g/mol. The van der Waals surface area contributed by atoms with Crippen LogP contribution in [-0.2, 0) is 0 Å². The van der Waals surface area contributed by atoms with Gasteiger partial charge in [-0.3, -0.25) is 20.2 Å². The molecule has 0 fully saturated rings. The van der Waals surface area contributed by atoms with Crippen molar-refractivity contribution in [1.29, 1.82) is 0 Å². The van der Waals surface area contributed by atoms with E-state index >= 15 is 0 Å². The molecule has 0 aliphatic heterocycles. The van der Waals surface area contributed by atoms with Gasteiger partial charge in [-0.25, -0.2) is 9.07 Å². The third-order valence-electron chi connectivity index (χ3n) is 3.51. The fourth-order valence-electron chi connectivity index (χ4n) is 2.31. The summed E-state index contributed by atoms with van der Waals surface area (Å²) in [7, 11) is 0. The summed E-state index contributed by atoms with van der Waals surface area (Å²) < 4.78 is 14.7. The lowest BCUT2D eigenvalue weighted by molar-refractivity contribution is 0.102. The summed E-state index contributed by atoms with van der Waals surface area (Å²) in [4.78, 5) is 20.6. The number of nitrogens with one attached hydrogen (secondary N) is 2. The van der Waals surface area contributed by atoms with Gasteiger partial charge in [-0.05, 0) is 36.4 Å². The van der Waals surface area contributed by atoms with Gasteiger partial charge in [0.25, 0.3) is 5.91 Å². The molecule has 0 radical (unpaired) electrons. The quantitative estimate of drug-likeness (QED) is 0.589. The Bertz CT molecular complexity index is 1060. The van der Waals surface area contributed by atoms with Crippen LogP contribution in [0.4, 0.5) is 10.3 Å². The number of aromatic amines is 1. The molecular formula is C17H12FN7O. The van der Waals surface area contributed by atoms with Gasteiger partial charge in [0.1, 0.15) is 11.5 Å². The van der Waals surface area contributed by atoms with Crippen LogP contribution < -0.4 is 5.32 Å². The Kier molecular flexibility index (Phi) is 3.94. The summed E-state index contributed by atoms with van der Waals surface area (Å²) in [6.45, 7) is 0. The molecule has 128 valence electrons. The monoisotopic (exact) mass is 349 g/mol. The standard InChI is InChI=1S/C17H12FN7O/c18-11-4-3-5-12(10-11)25-9-7-14(24-25)16(26)21-17-20-15(22-23-17)13-6-1-2-8-19-13/h1-10H,(H2,20,21,22,23,26). The summed E-state index contributed by atoms with van der Waals surface area (Å²) in [5.41, 5.74) is 1.27. The molecule has 3 heterocycles. The van der Waals surface area contributed by atoms with Gasteiger partial charge in [0.2, 0.25) is 5.95 Å². The van der Waals surface area contributed by atoms with E-state index in [1.807, 2.05) is 6.07 Å². The average molecular weight is 349 g/mol. The smallest absolute Gasteiger partial charge is 0.278 e. The lowest BCUT2D eigenvalue weighted by Crippen LogP contribution is -2.14. The average Bonchev–Trinajstić information content (AvgIpc) is 3.32. The topological polar surface area (TPSA) is 101 Å². The molecule has 8 nitrogen and oxygen atoms in total. The highest BCUT2D eigenvalue weighted by atomic mass is 19.1. The molecule has 4 aromatic rings. The van der Waals surface area contributed by atoms with Crippen LogP contribution in [0, 0.1) is 5.82 Å². The van der Waals surface area contributed by atoms with Gasteiger partial charge in [0.05, 0.1) is 5.69 Å². The van der Waals surface area contributed by atoms with E-state index in [0.717, 1.165) is 0 Å². The molecule has 1 aromatic carbocycles. The van der Waals surface area contributed by atoms with Gasteiger partial charge in [0, 0.05) is 12.4 Å². The van der Waals surface area contributed by atoms with Crippen LogP contribution in [0.2, 0.25) is 0 Å². The Labute approximate surface area is 146 Å². The van der Waals surface area contributed by atoms with Crippen LogP contribution in [0.5, 0.6) is 0 Å². The number of amides is 1. The van der Waals surface area contributed by atoms with Crippen molar-refractivity contribution in [3.8, 4) is 17.2 Å². The van der Waals surface area contributed by atoms with Crippen LogP contribution in [0.1, 0.15) is 10.5 Å². The number of carbonyl (C=O) groups excluding carboxylic acids is 1. The molecule has 26 heavy (non-hydrogen) atoms. The molecule has 0 bridgehead atoms. The van der Waals surface area contributed by atoms with E-state index < -0.39 is 5.91 Å². The number of hydrogen-bond acceptors (Lipinski definition) is 5. The highest BCUT2D eigenvalue weighted by Gasteiger charge is 2.14. The number of carbonyl (C=O) groups is 1. The van der Waals surface area contributed by atoms with Gasteiger partial charge in [0.15, 0.2) is 11.5 Å². The minimum atomic E-state index is -0.480. The van der Waals surface area contributed by atoms with Crippen molar-refractivity contribution in [2.45, 2.75) is 0 Å². The number of anilines is 1. The molecule has 0 aliphatic rings. The van der Waals surface area contributed by atoms with Gasteiger partial charge >= 0.3 is 0 Å². The van der Waals surface area contributed by atoms with E-state index in [4.69, 9.17) is 0 Å². The normalized spacial score (nSPS) is 10.7. The van der Waals surface area contributed by atoms with Crippen LogP contribution in [0.3, 0.4) is 0 Å². The summed E-state index contributed by atoms with van der Waals surface area (Å²) in [6, 6.07) is 12.8. The summed E-state index contributed by atoms with van der Waals surface area (Å²) >= 11 is 0. The Morgan fingerprint density at radius 1 is 1.15 bits per heavy atom. The van der Waals surface area contributed by atoms with Crippen molar-refractivity contribution in [3.05, 3.63) is 72.4 Å². The van der Waals surface area contributed by atoms with E-state index in [-0.39, 0.29) is 17.5 Å². The van der Waals surface area contributed by atoms with Gasteiger partial charge < -0.3 is 0 Å². The van der Waals surface area contributed by atoms with Crippen LogP contribution >= 0.6 is 0 Å². The molecule has 2 N–H and O–H groups in total. The summed E-state index contributed by atoms with van der Waals surface area (Å²) in [5.74, 6) is -0.319. The van der Waals surface area contributed by atoms with Crippen molar-refractivity contribution < 1.29 is 9.18 Å². The van der Waals surface area contributed by atoms with Crippen LogP contribution in [-0.4, -0.2) is 35.9 Å². The van der Waals surface area contributed by atoms with E-state index in [2.05, 4.69) is 30.6 Å². The number of aromatic nitrogens is 6. The SMILES string of the molecule is O=C(Nc1n[nH]c(-c2ccccn2)n1)c1ccn(-c2cccc(F)c2)n1. The third-order valence-corrected chi connectivity index (χ3v) is 3.51. The molecule has 0 atom stereocenters. The number of nitrogens with zero attached hydrogens (tertiary/aromatic N) is 5. The zero-order chi connectivity index (χ0) is 17.9. The first kappa shape index (κ1) is 15.6. The Morgan fingerprint density at radius 2 is 2.08 bits per heavy atom. The molecule has 0 spiro atoms. The lowest BCUT2D eigenvalue weighted by atomic mass is 10.3. The second-order valence-corrected chi connectivity index (χ2v) is 5.30. The van der Waals surface area contributed by atoms with Gasteiger partial charge in [-0.2, -0.15) is 10.1 Å². The van der Waals surface area contributed by atoms with E-state index in [9.17, 15) is 9.18 Å². The molecule has 0 saturated heterocycles. The van der Waals surface area contributed by atoms with Crippen molar-refractivity contribution in [1.82, 2.24) is 29.9 Å². The maximum absolute atomic E-state index is 13.3. The third kappa shape index (κ3) is 3.18. The molecule has 0 saturated carbocycles. The largest absolute Gasteiger partial charge is 0.288 e. The molecule has 1 amide bonds. The van der Waals surface area contributed by atoms with Crippen molar-refractivity contribution in [2.24, 2.45) is 0 Å². The zero-order valence-electron chi connectivity index (χ0n) is 13.3. The van der Waals surface area contributed by atoms with Crippen LogP contribution in [0.25, 0.3) is 17.2 Å². The van der Waals surface area contributed by atoms with E-state index in [0.29, 0.717) is 17.2 Å². The van der Waals surface area contributed by atoms with Crippen molar-refractivity contribution >= 4 is 11.9 Å². The van der Waals surface area contributed by atoms with E-state index in [1.165, 1.54) is 22.9 Å². The van der Waals surface area contributed by atoms with Gasteiger partial charge in [-0.1, -0.05) is 12.1 Å². The number of hydrogen-bond donors (Lipinski definition) is 2. The van der Waals surface area contributed by atoms with E-state index in [1.54, 1.807) is 36.7 Å². The number of benzene rings is 1. The lowest BCUT2D eigenvalue weighted by Gasteiger charge is -2.01. The Balaban J connectivity index is 1.50. The second-order valence-electron chi connectivity index (χ2n) is 5.30. The number of rotatable bonds is 4. The highest BCUT2D eigenvalue weighted by molar-refractivity contribution is 6.01. The fraction of sp³-hybridized carbons (Fsp3) is 0. The number of halogens is 1. The number of pyridine rings is 1. The predicted molar refractivity (Wildman–Crippen MR) is 91.1 cm³/mol. The Hall–Kier alpha value is -3.88. The molecule has 9 heteroatoms. The minimum Gasteiger partial charge on any atom is -0.288 e. The molecule has 0 aliphatic carbocycles. The van der Waals surface area contributed by atoms with Gasteiger partial charge in [-0.15, -0.1) is 5.10 Å². The first-order valence-corrected chi connectivity index (χ1v) is 7.66. The molecule has 0 unspecified atom stereocenters. The van der Waals surface area contributed by atoms with Crippen LogP contribution in [0.15, 0.2) is 60.9 Å². The van der Waals surface area contributed by atoms with Crippen molar-refractivity contribution in [3.63, 3.8) is 0 Å². The molecule has 3 aromatic heterocycles. The first-order chi connectivity index (χ1) is 12.7. The summed E-state index contributed by atoms with van der Waals surface area (Å²) in [6.07, 6.45) is 3.20. The summed E-state index contributed by atoms with van der Waals surface area (Å²) in [5, 5.41) is 13.3. The highest BCUT2D eigenvalue weighted by Crippen LogP contribution is 2.13.